The van der Waals surface area contributed by atoms with Gasteiger partial charge >= 0.3 is 6.09 Å². The molecule has 40 heavy (non-hydrogen) atoms. The Morgan fingerprint density at radius 2 is 2.05 bits per heavy atom. The maximum Gasteiger partial charge on any atom is 0.411 e. The van der Waals surface area contributed by atoms with Crippen molar-refractivity contribution in [3.05, 3.63) is 88.4 Å². The first kappa shape index (κ1) is 25.1. The summed E-state index contributed by atoms with van der Waals surface area (Å²) in [5.74, 6) is -1.43. The Hall–Kier alpha value is -3.93. The minimum Gasteiger partial charge on any atom is -0.445 e. The van der Waals surface area contributed by atoms with E-state index < -0.39 is 23.3 Å². The molecule has 7 nitrogen and oxygen atoms in total. The molecule has 0 aliphatic carbocycles. The fourth-order valence-corrected chi connectivity index (χ4v) is 7.27. The average Bonchev–Trinajstić information content (AvgIpc) is 3.77. The third-order valence-corrected chi connectivity index (χ3v) is 9.25. The van der Waals surface area contributed by atoms with Crippen LogP contribution in [0.2, 0.25) is 0 Å². The summed E-state index contributed by atoms with van der Waals surface area (Å²) >= 11 is 2.65. The minimum atomic E-state index is -0.734. The topological polar surface area (TPSA) is 76.6 Å². The molecule has 1 atom stereocenters. The number of pyridine rings is 1. The molecule has 1 spiro atoms. The Morgan fingerprint density at radius 3 is 2.88 bits per heavy atom. The molecule has 7 rings (SSSR count). The number of carbonyl (C=O) groups is 1. The molecule has 0 radical (unpaired) electrons. The van der Waals surface area contributed by atoms with Gasteiger partial charge in [-0.2, -0.15) is 0 Å². The van der Waals surface area contributed by atoms with Gasteiger partial charge in [0.05, 0.1) is 28.0 Å². The monoisotopic (exact) mass is 576 g/mol. The van der Waals surface area contributed by atoms with E-state index in [2.05, 4.69) is 15.3 Å². The number of nitrogens with zero attached hydrogens (tertiary/aromatic N) is 3. The van der Waals surface area contributed by atoms with Crippen molar-refractivity contribution in [3.63, 3.8) is 0 Å². The van der Waals surface area contributed by atoms with Crippen LogP contribution in [0.25, 0.3) is 26.0 Å². The summed E-state index contributed by atoms with van der Waals surface area (Å²) in [6.07, 6.45) is 3.87. The molecule has 2 aromatic carbocycles. The first-order valence-corrected chi connectivity index (χ1v) is 14.4. The number of carbonyl (C=O) groups excluding carboxylic acids is 1. The van der Waals surface area contributed by atoms with Gasteiger partial charge in [-0.1, -0.05) is 36.4 Å². The van der Waals surface area contributed by atoms with Crippen LogP contribution in [0.15, 0.2) is 66.3 Å². The molecule has 202 valence electrons. The summed E-state index contributed by atoms with van der Waals surface area (Å²) in [6.45, 7) is 1.46. The summed E-state index contributed by atoms with van der Waals surface area (Å²) in [5.41, 5.74) is 3.11. The zero-order valence-electron chi connectivity index (χ0n) is 21.0. The van der Waals surface area contributed by atoms with Crippen molar-refractivity contribution in [1.82, 2.24) is 14.9 Å². The zero-order valence-corrected chi connectivity index (χ0v) is 22.7. The van der Waals surface area contributed by atoms with Crippen LogP contribution >= 0.6 is 22.7 Å². The van der Waals surface area contributed by atoms with E-state index in [4.69, 9.17) is 9.47 Å². The molecule has 2 aliphatic rings. The number of benzene rings is 2. The number of amides is 1. The van der Waals surface area contributed by atoms with Crippen LogP contribution < -0.4 is 5.32 Å². The Labute approximate surface area is 235 Å². The van der Waals surface area contributed by atoms with Crippen LogP contribution in [-0.2, 0) is 16.1 Å². The summed E-state index contributed by atoms with van der Waals surface area (Å²) < 4.78 is 42.0. The van der Waals surface area contributed by atoms with Gasteiger partial charge in [0, 0.05) is 36.0 Å². The molecule has 0 bridgehead atoms. The second-order valence-corrected chi connectivity index (χ2v) is 11.6. The summed E-state index contributed by atoms with van der Waals surface area (Å²) in [7, 11) is 0. The van der Waals surface area contributed by atoms with E-state index in [1.165, 1.54) is 34.3 Å². The van der Waals surface area contributed by atoms with Crippen LogP contribution in [-0.4, -0.2) is 46.3 Å². The average molecular weight is 577 g/mol. The Morgan fingerprint density at radius 1 is 1.18 bits per heavy atom. The van der Waals surface area contributed by atoms with Gasteiger partial charge in [0.1, 0.15) is 22.6 Å². The number of hydrogen-bond donors (Lipinski definition) is 1. The maximum absolute atomic E-state index is 15.1. The third kappa shape index (κ3) is 4.12. The maximum atomic E-state index is 15.1. The lowest BCUT2D eigenvalue weighted by atomic mass is 9.88. The van der Waals surface area contributed by atoms with E-state index in [0.29, 0.717) is 41.4 Å². The molecule has 1 saturated heterocycles. The van der Waals surface area contributed by atoms with E-state index in [1.54, 1.807) is 17.2 Å². The molecule has 1 unspecified atom stereocenters. The highest BCUT2D eigenvalue weighted by atomic mass is 32.1. The van der Waals surface area contributed by atoms with E-state index in [0.717, 1.165) is 21.4 Å². The fraction of sp³-hybridized carbons (Fsp3) is 0.207. The number of hydrogen-bond acceptors (Lipinski definition) is 8. The normalized spacial score (nSPS) is 18.6. The van der Waals surface area contributed by atoms with Gasteiger partial charge in [-0.3, -0.25) is 4.90 Å². The molecule has 5 heterocycles. The van der Waals surface area contributed by atoms with Crippen LogP contribution in [0, 0.1) is 11.6 Å². The lowest BCUT2D eigenvalue weighted by Crippen LogP contribution is -2.49. The molecule has 11 heteroatoms. The molecule has 1 N–H and O–H groups in total. The first-order chi connectivity index (χ1) is 19.5. The van der Waals surface area contributed by atoms with Gasteiger partial charge in [0.25, 0.3) is 0 Å². The molecular formula is C29H22F2N4O3S2. The highest BCUT2D eigenvalue weighted by Crippen LogP contribution is 2.47. The summed E-state index contributed by atoms with van der Waals surface area (Å²) in [6, 6.07) is 14.5. The van der Waals surface area contributed by atoms with Crippen molar-refractivity contribution in [1.29, 1.82) is 0 Å². The van der Waals surface area contributed by atoms with Crippen LogP contribution in [0.5, 0.6) is 0 Å². The third-order valence-electron chi connectivity index (χ3n) is 7.40. The molecule has 0 saturated carbocycles. The molecular weight excluding hydrogens is 554 g/mol. The van der Waals surface area contributed by atoms with E-state index in [1.807, 2.05) is 42.5 Å². The van der Waals surface area contributed by atoms with Crippen molar-refractivity contribution in [2.24, 2.45) is 0 Å². The highest BCUT2D eigenvalue weighted by molar-refractivity contribution is 7.19. The fourth-order valence-electron chi connectivity index (χ4n) is 5.41. The van der Waals surface area contributed by atoms with E-state index in [-0.39, 0.29) is 17.8 Å². The Kier molecular flexibility index (Phi) is 6.21. The Balaban J connectivity index is 1.19. The van der Waals surface area contributed by atoms with E-state index >= 15 is 4.39 Å². The second-order valence-electron chi connectivity index (χ2n) is 9.66. The van der Waals surface area contributed by atoms with Gasteiger partial charge in [-0.15, -0.1) is 22.7 Å². The predicted octanol–water partition coefficient (Wildman–Crippen LogP) is 7.12. The van der Waals surface area contributed by atoms with Crippen molar-refractivity contribution >= 4 is 66.1 Å². The highest BCUT2D eigenvalue weighted by Gasteiger charge is 2.50. The number of ether oxygens (including phenoxy) is 2. The number of thiazole rings is 1. The smallest absolute Gasteiger partial charge is 0.411 e. The number of aromatic nitrogens is 2. The number of halogens is 2. The van der Waals surface area contributed by atoms with E-state index in [9.17, 15) is 9.18 Å². The van der Waals surface area contributed by atoms with Crippen molar-refractivity contribution in [3.8, 4) is 0 Å². The molecule has 1 fully saturated rings. The van der Waals surface area contributed by atoms with Crippen LogP contribution in [0.4, 0.5) is 25.0 Å². The van der Waals surface area contributed by atoms with Crippen LogP contribution in [0.1, 0.15) is 16.9 Å². The first-order valence-electron chi connectivity index (χ1n) is 12.7. The molecule has 1 amide bonds. The van der Waals surface area contributed by atoms with Gasteiger partial charge < -0.3 is 14.8 Å². The largest absolute Gasteiger partial charge is 0.445 e. The molecule has 5 aromatic rings. The number of rotatable bonds is 5. The predicted molar refractivity (Wildman–Crippen MR) is 152 cm³/mol. The summed E-state index contributed by atoms with van der Waals surface area (Å²) in [4.78, 5) is 25.1. The van der Waals surface area contributed by atoms with Crippen molar-refractivity contribution in [2.75, 3.05) is 25.1 Å². The zero-order chi connectivity index (χ0) is 27.3. The van der Waals surface area contributed by atoms with Gasteiger partial charge in [-0.05, 0) is 29.3 Å². The lowest BCUT2D eigenvalue weighted by molar-refractivity contribution is 0.0680. The lowest BCUT2D eigenvalue weighted by Gasteiger charge is -2.35. The standard InChI is InChI=1S/C29H22F2N4O3S2/c30-20-13-23-26(33-16-39-23)24(31)25(20)34-21-6-9-32-27-18(21)12-22(40-27)19-7-10-35(29(19)8-11-37-15-29)28(36)38-14-17-4-2-1-3-5-17/h1-7,9,12-13,16H,8,10-11,14-15H2,(H,32,34). The summed E-state index contributed by atoms with van der Waals surface area (Å²) in [5, 5.41) is 3.66. The van der Waals surface area contributed by atoms with Gasteiger partial charge in [0.15, 0.2) is 11.6 Å². The molecule has 3 aromatic heterocycles. The SMILES string of the molecule is O=C(OCc1ccccc1)N1CC=C(c2cc3c(Nc4c(F)cc5scnc5c4F)ccnc3s2)C12CCOC2. The number of nitrogens with one attached hydrogen (secondary N) is 1. The second kappa shape index (κ2) is 9.92. The number of anilines is 2. The van der Waals surface area contributed by atoms with Gasteiger partial charge in [-0.25, -0.2) is 23.5 Å². The quantitative estimate of drug-likeness (QED) is 0.240. The van der Waals surface area contributed by atoms with Gasteiger partial charge in [0.2, 0.25) is 0 Å². The number of thiophene rings is 1. The minimum absolute atomic E-state index is 0.128. The van der Waals surface area contributed by atoms with Crippen LogP contribution in [0.3, 0.4) is 0 Å². The number of fused-ring (bicyclic) bond motifs is 2. The molecule has 2 aliphatic heterocycles. The van der Waals surface area contributed by atoms with Crippen molar-refractivity contribution < 1.29 is 23.0 Å². The van der Waals surface area contributed by atoms with Crippen molar-refractivity contribution in [2.45, 2.75) is 18.6 Å². The Bertz CT molecular complexity index is 1780.